The second kappa shape index (κ2) is 11.7. The molecule has 10 rings (SSSR count). The third-order valence-electron chi connectivity index (χ3n) is 9.58. The van der Waals surface area contributed by atoms with Crippen LogP contribution in [0.15, 0.2) is 175 Å². The molecule has 0 fully saturated rings. The summed E-state index contributed by atoms with van der Waals surface area (Å²) in [5.74, 6) is 0. The lowest BCUT2D eigenvalue weighted by Gasteiger charge is -2.12. The van der Waals surface area contributed by atoms with E-state index in [4.69, 9.17) is 4.42 Å². The maximum atomic E-state index is 6.48. The van der Waals surface area contributed by atoms with E-state index in [1.54, 1.807) is 0 Å². The summed E-state index contributed by atoms with van der Waals surface area (Å²) in [4.78, 5) is 9.34. The number of furan rings is 1. The Hall–Kier alpha value is -6.36. The minimum absolute atomic E-state index is 0.915. The normalized spacial score (nSPS) is 11.6. The fraction of sp³-hybridized carbons (Fsp3) is 0. The average Bonchev–Trinajstić information content (AvgIpc) is 3.77. The van der Waals surface area contributed by atoms with Crippen molar-refractivity contribution in [2.45, 2.75) is 0 Å². The molecule has 10 aromatic rings. The van der Waals surface area contributed by atoms with E-state index in [1.165, 1.54) is 36.9 Å². The summed E-state index contributed by atoms with van der Waals surface area (Å²) in [5.41, 5.74) is 12.8. The summed E-state index contributed by atoms with van der Waals surface area (Å²) in [6.07, 6.45) is 3.69. The molecular weight excluding hydrogens is 629 g/mol. The average molecular weight is 657 g/mol. The van der Waals surface area contributed by atoms with Gasteiger partial charge in [-0.05, 0) is 76.9 Å². The van der Waals surface area contributed by atoms with E-state index in [-0.39, 0.29) is 0 Å². The number of para-hydroxylation sites is 2. The van der Waals surface area contributed by atoms with Gasteiger partial charge in [-0.1, -0.05) is 103 Å². The van der Waals surface area contributed by atoms with Gasteiger partial charge in [-0.15, -0.1) is 11.3 Å². The Kier molecular flexibility index (Phi) is 6.68. The second-order valence-electron chi connectivity index (χ2n) is 12.6. The van der Waals surface area contributed by atoms with Gasteiger partial charge in [-0.3, -0.25) is 9.97 Å². The van der Waals surface area contributed by atoms with E-state index >= 15 is 0 Å². The molecule has 0 N–H and O–H groups in total. The lowest BCUT2D eigenvalue weighted by Crippen LogP contribution is -1.89. The Morgan fingerprint density at radius 3 is 1.64 bits per heavy atom. The number of aromatic nitrogens is 2. The van der Waals surface area contributed by atoms with Crippen molar-refractivity contribution in [3.8, 4) is 55.9 Å². The van der Waals surface area contributed by atoms with Gasteiger partial charge in [0.2, 0.25) is 0 Å². The van der Waals surface area contributed by atoms with Gasteiger partial charge in [0, 0.05) is 65.6 Å². The van der Waals surface area contributed by atoms with Crippen molar-refractivity contribution in [2.24, 2.45) is 0 Å². The van der Waals surface area contributed by atoms with Crippen molar-refractivity contribution in [1.29, 1.82) is 0 Å². The van der Waals surface area contributed by atoms with E-state index in [0.717, 1.165) is 61.1 Å². The van der Waals surface area contributed by atoms with Crippen molar-refractivity contribution in [1.82, 2.24) is 9.97 Å². The van der Waals surface area contributed by atoms with E-state index < -0.39 is 0 Å². The molecule has 0 aliphatic carbocycles. The molecule has 0 saturated carbocycles. The topological polar surface area (TPSA) is 38.9 Å². The molecule has 4 heteroatoms. The molecule has 50 heavy (non-hydrogen) atoms. The zero-order valence-corrected chi connectivity index (χ0v) is 27.7. The van der Waals surface area contributed by atoms with Crippen molar-refractivity contribution < 1.29 is 4.42 Å². The molecule has 0 bridgehead atoms. The molecule has 0 spiro atoms. The van der Waals surface area contributed by atoms with Gasteiger partial charge in [0.1, 0.15) is 11.2 Å². The maximum absolute atomic E-state index is 6.48. The van der Waals surface area contributed by atoms with Crippen LogP contribution in [0.25, 0.3) is 98.0 Å². The molecule has 0 aliphatic heterocycles. The van der Waals surface area contributed by atoms with Crippen molar-refractivity contribution >= 4 is 53.4 Å². The van der Waals surface area contributed by atoms with Gasteiger partial charge < -0.3 is 4.42 Å². The van der Waals surface area contributed by atoms with Crippen LogP contribution in [0.1, 0.15) is 0 Å². The Morgan fingerprint density at radius 1 is 0.380 bits per heavy atom. The van der Waals surface area contributed by atoms with Crippen molar-refractivity contribution in [2.75, 3.05) is 0 Å². The van der Waals surface area contributed by atoms with Gasteiger partial charge in [-0.2, -0.15) is 0 Å². The second-order valence-corrected chi connectivity index (χ2v) is 13.6. The fourth-order valence-electron chi connectivity index (χ4n) is 7.24. The Bertz CT molecular complexity index is 2810. The summed E-state index contributed by atoms with van der Waals surface area (Å²) in [6.45, 7) is 0. The zero-order chi connectivity index (χ0) is 33.0. The van der Waals surface area contributed by atoms with Crippen molar-refractivity contribution in [3.05, 3.63) is 170 Å². The quantitative estimate of drug-likeness (QED) is 0.185. The summed E-state index contributed by atoms with van der Waals surface area (Å²) < 4.78 is 9.02. The van der Waals surface area contributed by atoms with Crippen LogP contribution >= 0.6 is 11.3 Å². The summed E-state index contributed by atoms with van der Waals surface area (Å²) in [7, 11) is 0. The highest BCUT2D eigenvalue weighted by molar-refractivity contribution is 7.26. The Balaban J connectivity index is 1.13. The van der Waals surface area contributed by atoms with Crippen LogP contribution in [0.2, 0.25) is 0 Å². The van der Waals surface area contributed by atoms with E-state index in [0.29, 0.717) is 0 Å². The first-order chi connectivity index (χ1) is 24.8. The smallest absolute Gasteiger partial charge is 0.143 e. The first-order valence-corrected chi connectivity index (χ1v) is 17.5. The van der Waals surface area contributed by atoms with Crippen LogP contribution in [0.4, 0.5) is 0 Å². The molecule has 0 unspecified atom stereocenters. The molecule has 3 nitrogen and oxygen atoms in total. The van der Waals surface area contributed by atoms with Crippen LogP contribution in [-0.4, -0.2) is 9.97 Å². The highest BCUT2D eigenvalue weighted by atomic mass is 32.1. The number of fused-ring (bicyclic) bond motifs is 6. The summed E-state index contributed by atoms with van der Waals surface area (Å²) in [6, 6.07) is 55.8. The van der Waals surface area contributed by atoms with Crippen LogP contribution < -0.4 is 0 Å². The molecular formula is C46H28N2OS. The predicted molar refractivity (Wildman–Crippen MR) is 209 cm³/mol. The maximum Gasteiger partial charge on any atom is 0.143 e. The predicted octanol–water partition coefficient (Wildman–Crippen LogP) is 13.1. The molecule has 6 aromatic carbocycles. The highest BCUT2D eigenvalue weighted by Gasteiger charge is 2.18. The number of benzene rings is 6. The molecule has 4 heterocycles. The third kappa shape index (κ3) is 4.73. The molecule has 0 radical (unpaired) electrons. The number of hydrogen-bond donors (Lipinski definition) is 0. The third-order valence-corrected chi connectivity index (χ3v) is 10.9. The van der Waals surface area contributed by atoms with Gasteiger partial charge in [0.15, 0.2) is 0 Å². The minimum Gasteiger partial charge on any atom is -0.455 e. The monoisotopic (exact) mass is 656 g/mol. The molecule has 0 amide bonds. The van der Waals surface area contributed by atoms with Crippen LogP contribution in [0.5, 0.6) is 0 Å². The van der Waals surface area contributed by atoms with Gasteiger partial charge in [-0.25, -0.2) is 0 Å². The summed E-state index contributed by atoms with van der Waals surface area (Å²) in [5, 5.41) is 4.82. The Morgan fingerprint density at radius 2 is 0.920 bits per heavy atom. The van der Waals surface area contributed by atoms with Crippen LogP contribution in [0.3, 0.4) is 0 Å². The number of hydrogen-bond acceptors (Lipinski definition) is 4. The standard InChI is InChI=1S/C46H28N2OS/c1-2-22-43-35(13-1)36-15-9-16-37(44(36)49-43)38-17-10-19-40-39-18-8-14-34(45(39)50-46(38)40)30-12-7-11-29(25-30)31-26-32(41-20-3-5-23-47-41)28-33(27-31)42-21-4-6-24-48-42/h1-28H. The number of nitrogens with zero attached hydrogens (tertiary/aromatic N) is 2. The van der Waals surface area contributed by atoms with Crippen LogP contribution in [0, 0.1) is 0 Å². The fourth-order valence-corrected chi connectivity index (χ4v) is 8.61. The van der Waals surface area contributed by atoms with E-state index in [1.807, 2.05) is 60.1 Å². The number of pyridine rings is 2. The minimum atomic E-state index is 0.915. The zero-order valence-electron chi connectivity index (χ0n) is 26.9. The lowest BCUT2D eigenvalue weighted by molar-refractivity contribution is 0.670. The van der Waals surface area contributed by atoms with Gasteiger partial charge in [0.25, 0.3) is 0 Å². The van der Waals surface area contributed by atoms with E-state index in [2.05, 4.69) is 131 Å². The van der Waals surface area contributed by atoms with Crippen LogP contribution in [-0.2, 0) is 0 Å². The number of rotatable bonds is 5. The first kappa shape index (κ1) is 28.6. The van der Waals surface area contributed by atoms with Gasteiger partial charge in [0.05, 0.1) is 11.4 Å². The van der Waals surface area contributed by atoms with Crippen molar-refractivity contribution in [3.63, 3.8) is 0 Å². The molecule has 234 valence electrons. The first-order valence-electron chi connectivity index (χ1n) is 16.7. The lowest BCUT2D eigenvalue weighted by atomic mass is 9.94. The summed E-state index contributed by atoms with van der Waals surface area (Å²) >= 11 is 1.86. The largest absolute Gasteiger partial charge is 0.455 e. The molecule has 0 atom stereocenters. The number of thiophene rings is 1. The molecule has 4 aromatic heterocycles. The van der Waals surface area contributed by atoms with Gasteiger partial charge >= 0.3 is 0 Å². The molecule has 0 saturated heterocycles. The molecule has 0 aliphatic rings. The highest BCUT2D eigenvalue weighted by Crippen LogP contribution is 2.46. The Labute approximate surface area is 292 Å². The SMILES string of the molecule is c1ccc(-c2cc(-c3cccc(-c4cccc5c4sc4c(-c6cccc7c6oc6ccccc67)cccc45)c3)cc(-c3ccccn3)c2)nc1. The van der Waals surface area contributed by atoms with E-state index in [9.17, 15) is 0 Å².